The third-order valence-corrected chi connectivity index (χ3v) is 3.08. The summed E-state index contributed by atoms with van der Waals surface area (Å²) in [5, 5.41) is 0. The van der Waals surface area contributed by atoms with Crippen LogP contribution >= 0.6 is 11.7 Å². The topological polar surface area (TPSA) is 51.8 Å². The summed E-state index contributed by atoms with van der Waals surface area (Å²) in [6.07, 6.45) is 0. The van der Waals surface area contributed by atoms with Gasteiger partial charge in [-0.1, -0.05) is 30.3 Å². The predicted octanol–water partition coefficient (Wildman–Crippen LogP) is 2.94. The molecule has 0 fully saturated rings. The Morgan fingerprint density at radius 1 is 0.875 bits per heavy atom. The van der Waals surface area contributed by atoms with Crippen LogP contribution in [0, 0.1) is 0 Å². The maximum atomic E-state index is 5.97. The van der Waals surface area contributed by atoms with Crippen molar-refractivity contribution < 1.29 is 0 Å². The maximum Gasteiger partial charge on any atom is 0.112 e. The first-order chi connectivity index (χ1) is 7.86. The van der Waals surface area contributed by atoms with Crippen LogP contribution in [0.5, 0.6) is 0 Å². The molecule has 0 spiro atoms. The second-order valence-electron chi connectivity index (χ2n) is 3.52. The van der Waals surface area contributed by atoms with Gasteiger partial charge in [-0.15, -0.1) is 0 Å². The molecule has 4 heteroatoms. The van der Waals surface area contributed by atoms with E-state index in [0.29, 0.717) is 0 Å². The molecular weight excluding hydrogens is 218 g/mol. The average molecular weight is 227 g/mol. The van der Waals surface area contributed by atoms with Crippen LogP contribution in [0.25, 0.3) is 22.2 Å². The number of benzene rings is 2. The molecule has 0 radical (unpaired) electrons. The fourth-order valence-electron chi connectivity index (χ4n) is 1.77. The number of hydrogen-bond donors (Lipinski definition) is 1. The molecule has 0 unspecified atom stereocenters. The lowest BCUT2D eigenvalue weighted by Gasteiger charge is -2.05. The SMILES string of the molecule is Nc1ccccc1-c1cccc2nsnc12. The molecule has 3 aromatic rings. The minimum atomic E-state index is 0.767. The first-order valence-corrected chi connectivity index (χ1v) is 5.65. The van der Waals surface area contributed by atoms with Crippen molar-refractivity contribution >= 4 is 28.4 Å². The van der Waals surface area contributed by atoms with Crippen molar-refractivity contribution in [3.8, 4) is 11.1 Å². The fourth-order valence-corrected chi connectivity index (χ4v) is 2.32. The van der Waals surface area contributed by atoms with Crippen LogP contribution in [-0.4, -0.2) is 8.75 Å². The van der Waals surface area contributed by atoms with Crippen molar-refractivity contribution in [1.29, 1.82) is 0 Å². The lowest BCUT2D eigenvalue weighted by molar-refractivity contribution is 1.59. The monoisotopic (exact) mass is 227 g/mol. The van der Waals surface area contributed by atoms with E-state index < -0.39 is 0 Å². The quantitative estimate of drug-likeness (QED) is 0.650. The summed E-state index contributed by atoms with van der Waals surface area (Å²) in [5.74, 6) is 0. The summed E-state index contributed by atoms with van der Waals surface area (Å²) in [7, 11) is 0. The predicted molar refractivity (Wildman–Crippen MR) is 67.3 cm³/mol. The molecule has 0 aliphatic carbocycles. The number of nitrogens with zero attached hydrogens (tertiary/aromatic N) is 2. The molecule has 0 aliphatic heterocycles. The van der Waals surface area contributed by atoms with E-state index in [1.165, 1.54) is 11.7 Å². The number of rotatable bonds is 1. The van der Waals surface area contributed by atoms with Crippen LogP contribution < -0.4 is 5.73 Å². The minimum absolute atomic E-state index is 0.767. The molecule has 0 atom stereocenters. The second-order valence-corrected chi connectivity index (χ2v) is 4.05. The molecule has 1 aromatic heterocycles. The van der Waals surface area contributed by atoms with Gasteiger partial charge in [-0.3, -0.25) is 0 Å². The average Bonchev–Trinajstić information content (AvgIpc) is 2.77. The molecule has 3 nitrogen and oxygen atoms in total. The van der Waals surface area contributed by atoms with Gasteiger partial charge in [-0.05, 0) is 12.1 Å². The summed E-state index contributed by atoms with van der Waals surface area (Å²) in [5.41, 5.74) is 10.6. The van der Waals surface area contributed by atoms with Crippen molar-refractivity contribution in [2.45, 2.75) is 0 Å². The smallest absolute Gasteiger partial charge is 0.112 e. The number of aromatic nitrogens is 2. The maximum absolute atomic E-state index is 5.97. The first-order valence-electron chi connectivity index (χ1n) is 4.92. The summed E-state index contributed by atoms with van der Waals surface area (Å²) in [6, 6.07) is 13.8. The van der Waals surface area contributed by atoms with Gasteiger partial charge < -0.3 is 5.73 Å². The number of nitrogen functional groups attached to an aromatic ring is 1. The van der Waals surface area contributed by atoms with Gasteiger partial charge in [-0.25, -0.2) is 0 Å². The number of fused-ring (bicyclic) bond motifs is 1. The van der Waals surface area contributed by atoms with E-state index in [-0.39, 0.29) is 0 Å². The number of anilines is 1. The Bertz CT molecular complexity index is 645. The van der Waals surface area contributed by atoms with E-state index in [0.717, 1.165) is 27.8 Å². The molecule has 78 valence electrons. The summed E-state index contributed by atoms with van der Waals surface area (Å²) >= 11 is 1.23. The van der Waals surface area contributed by atoms with E-state index in [9.17, 15) is 0 Å². The normalized spacial score (nSPS) is 10.8. The van der Waals surface area contributed by atoms with Crippen LogP contribution in [-0.2, 0) is 0 Å². The third-order valence-electron chi connectivity index (χ3n) is 2.54. The minimum Gasteiger partial charge on any atom is -0.398 e. The molecule has 1 heterocycles. The highest BCUT2D eigenvalue weighted by molar-refractivity contribution is 7.00. The first kappa shape index (κ1) is 9.30. The summed E-state index contributed by atoms with van der Waals surface area (Å²) in [4.78, 5) is 0. The zero-order valence-corrected chi connectivity index (χ0v) is 9.24. The highest BCUT2D eigenvalue weighted by Crippen LogP contribution is 2.30. The van der Waals surface area contributed by atoms with Gasteiger partial charge in [0.2, 0.25) is 0 Å². The molecule has 2 N–H and O–H groups in total. The van der Waals surface area contributed by atoms with Gasteiger partial charge in [0.15, 0.2) is 0 Å². The van der Waals surface area contributed by atoms with E-state index in [1.807, 2.05) is 42.5 Å². The van der Waals surface area contributed by atoms with Crippen LogP contribution in [0.1, 0.15) is 0 Å². The zero-order valence-electron chi connectivity index (χ0n) is 8.42. The standard InChI is InChI=1S/C12H9N3S/c13-10-6-2-1-4-8(10)9-5-3-7-11-12(9)15-16-14-11/h1-7H,13H2. The largest absolute Gasteiger partial charge is 0.398 e. The van der Waals surface area contributed by atoms with Crippen LogP contribution in [0.3, 0.4) is 0 Å². The van der Waals surface area contributed by atoms with E-state index in [2.05, 4.69) is 8.75 Å². The lowest BCUT2D eigenvalue weighted by Crippen LogP contribution is -1.89. The van der Waals surface area contributed by atoms with Crippen molar-refractivity contribution in [3.05, 3.63) is 42.5 Å². The lowest BCUT2D eigenvalue weighted by atomic mass is 10.0. The Morgan fingerprint density at radius 3 is 2.56 bits per heavy atom. The van der Waals surface area contributed by atoms with Crippen LogP contribution in [0.15, 0.2) is 42.5 Å². The summed E-state index contributed by atoms with van der Waals surface area (Å²) < 4.78 is 8.54. The molecule has 0 aliphatic rings. The molecule has 0 amide bonds. The van der Waals surface area contributed by atoms with Crippen molar-refractivity contribution in [3.63, 3.8) is 0 Å². The Morgan fingerprint density at radius 2 is 1.69 bits per heavy atom. The van der Waals surface area contributed by atoms with Gasteiger partial charge in [0, 0.05) is 16.8 Å². The molecular formula is C12H9N3S. The third kappa shape index (κ3) is 1.35. The summed E-state index contributed by atoms with van der Waals surface area (Å²) in [6.45, 7) is 0. The zero-order chi connectivity index (χ0) is 11.0. The number of para-hydroxylation sites is 1. The van der Waals surface area contributed by atoms with Crippen molar-refractivity contribution in [2.75, 3.05) is 5.73 Å². The second kappa shape index (κ2) is 3.57. The highest BCUT2D eigenvalue weighted by atomic mass is 32.1. The molecule has 3 rings (SSSR count). The van der Waals surface area contributed by atoms with Gasteiger partial charge in [0.1, 0.15) is 11.0 Å². The molecule has 0 saturated carbocycles. The molecule has 16 heavy (non-hydrogen) atoms. The Hall–Kier alpha value is -1.94. The van der Waals surface area contributed by atoms with E-state index in [4.69, 9.17) is 5.73 Å². The Balaban J connectivity index is 2.34. The number of hydrogen-bond acceptors (Lipinski definition) is 4. The van der Waals surface area contributed by atoms with Gasteiger partial charge >= 0.3 is 0 Å². The highest BCUT2D eigenvalue weighted by Gasteiger charge is 2.08. The number of nitrogens with two attached hydrogens (primary N) is 1. The fraction of sp³-hybridized carbons (Fsp3) is 0. The van der Waals surface area contributed by atoms with Crippen LogP contribution in [0.2, 0.25) is 0 Å². The molecule has 0 bridgehead atoms. The van der Waals surface area contributed by atoms with Gasteiger partial charge in [0.25, 0.3) is 0 Å². The van der Waals surface area contributed by atoms with E-state index >= 15 is 0 Å². The van der Waals surface area contributed by atoms with E-state index in [1.54, 1.807) is 0 Å². The Kier molecular flexibility index (Phi) is 2.08. The van der Waals surface area contributed by atoms with Crippen molar-refractivity contribution in [1.82, 2.24) is 8.75 Å². The van der Waals surface area contributed by atoms with Crippen LogP contribution in [0.4, 0.5) is 5.69 Å². The molecule has 0 saturated heterocycles. The van der Waals surface area contributed by atoms with Gasteiger partial charge in [0.05, 0.1) is 11.7 Å². The van der Waals surface area contributed by atoms with Gasteiger partial charge in [-0.2, -0.15) is 8.75 Å². The molecule has 2 aromatic carbocycles. The Labute approximate surface area is 96.9 Å². The van der Waals surface area contributed by atoms with Crippen molar-refractivity contribution in [2.24, 2.45) is 0 Å².